The van der Waals surface area contributed by atoms with E-state index in [2.05, 4.69) is 15.2 Å². The van der Waals surface area contributed by atoms with E-state index in [1.165, 1.54) is 23.9 Å². The number of para-hydroxylation sites is 1. The molecule has 0 atom stereocenters. The first-order valence-electron chi connectivity index (χ1n) is 9.14. The Morgan fingerprint density at radius 1 is 0.933 bits per heavy atom. The zero-order chi connectivity index (χ0) is 21.1. The van der Waals surface area contributed by atoms with Crippen molar-refractivity contribution in [3.05, 3.63) is 89.7 Å². The molecule has 0 radical (unpaired) electrons. The Balaban J connectivity index is 1.71. The van der Waals surface area contributed by atoms with Crippen molar-refractivity contribution in [3.63, 3.8) is 0 Å². The van der Waals surface area contributed by atoms with E-state index in [4.69, 9.17) is 0 Å². The Hall–Kier alpha value is -3.13. The van der Waals surface area contributed by atoms with E-state index in [-0.39, 0.29) is 0 Å². The van der Waals surface area contributed by atoms with E-state index in [0.29, 0.717) is 22.3 Å². The van der Waals surface area contributed by atoms with Gasteiger partial charge in [0.2, 0.25) is 0 Å². The molecule has 4 aromatic rings. The molecule has 0 bridgehead atoms. The standard InChI is InChI=1S/C22H17F3N4S/c1-15-5-2-3-8-19(15)29-20(17-9-11-26-12-10-17)27-28-21(29)30-14-16-6-4-7-18(13-16)22(23,24)25/h2-13H,14H2,1H3. The molecule has 4 rings (SSSR count). The fourth-order valence-corrected chi connectivity index (χ4v) is 3.96. The largest absolute Gasteiger partial charge is 0.416 e. The molecule has 2 aromatic carbocycles. The van der Waals surface area contributed by atoms with E-state index < -0.39 is 11.7 Å². The fraction of sp³-hybridized carbons (Fsp3) is 0.136. The van der Waals surface area contributed by atoms with Crippen LogP contribution < -0.4 is 0 Å². The van der Waals surface area contributed by atoms with Gasteiger partial charge < -0.3 is 0 Å². The van der Waals surface area contributed by atoms with Crippen molar-refractivity contribution in [3.8, 4) is 17.1 Å². The zero-order valence-corrected chi connectivity index (χ0v) is 16.8. The van der Waals surface area contributed by atoms with Crippen LogP contribution in [0.1, 0.15) is 16.7 Å². The Kier molecular flexibility index (Phi) is 5.59. The molecule has 30 heavy (non-hydrogen) atoms. The highest BCUT2D eigenvalue weighted by atomic mass is 32.2. The summed E-state index contributed by atoms with van der Waals surface area (Å²) in [5, 5.41) is 9.29. The molecule has 0 aliphatic carbocycles. The molecule has 8 heteroatoms. The summed E-state index contributed by atoms with van der Waals surface area (Å²) in [6.07, 6.45) is -1.00. The minimum Gasteiger partial charge on any atom is -0.270 e. The van der Waals surface area contributed by atoms with Crippen LogP contribution >= 0.6 is 11.8 Å². The van der Waals surface area contributed by atoms with Gasteiger partial charge in [0.15, 0.2) is 11.0 Å². The van der Waals surface area contributed by atoms with Crippen LogP contribution in [0.2, 0.25) is 0 Å². The van der Waals surface area contributed by atoms with Gasteiger partial charge in [-0.05, 0) is 42.3 Å². The topological polar surface area (TPSA) is 43.6 Å². The molecule has 0 spiro atoms. The van der Waals surface area contributed by atoms with Gasteiger partial charge in [0.1, 0.15) is 0 Å². The molecule has 0 unspecified atom stereocenters. The number of aryl methyl sites for hydroxylation is 1. The number of alkyl halides is 3. The SMILES string of the molecule is Cc1ccccc1-n1c(SCc2cccc(C(F)(F)F)c2)nnc1-c1ccncc1. The summed E-state index contributed by atoms with van der Waals surface area (Å²) in [5.74, 6) is 0.989. The summed E-state index contributed by atoms with van der Waals surface area (Å²) in [4.78, 5) is 4.05. The fourth-order valence-electron chi connectivity index (χ4n) is 3.07. The number of halogens is 3. The number of hydrogen-bond donors (Lipinski definition) is 0. The van der Waals surface area contributed by atoms with Crippen molar-refractivity contribution in [1.82, 2.24) is 19.7 Å². The van der Waals surface area contributed by atoms with Crippen LogP contribution in [0.3, 0.4) is 0 Å². The van der Waals surface area contributed by atoms with Crippen molar-refractivity contribution in [2.45, 2.75) is 24.0 Å². The number of thioether (sulfide) groups is 1. The number of hydrogen-bond acceptors (Lipinski definition) is 4. The maximum atomic E-state index is 13.0. The Labute approximate surface area is 175 Å². The molecule has 0 N–H and O–H groups in total. The summed E-state index contributed by atoms with van der Waals surface area (Å²) >= 11 is 1.34. The van der Waals surface area contributed by atoms with Gasteiger partial charge in [-0.1, -0.05) is 48.2 Å². The maximum absolute atomic E-state index is 13.0. The lowest BCUT2D eigenvalue weighted by Gasteiger charge is -2.13. The smallest absolute Gasteiger partial charge is 0.270 e. The highest BCUT2D eigenvalue weighted by Crippen LogP contribution is 2.33. The molecule has 0 saturated carbocycles. The summed E-state index contributed by atoms with van der Waals surface area (Å²) in [5.41, 5.74) is 2.72. The zero-order valence-electron chi connectivity index (χ0n) is 16.0. The number of benzene rings is 2. The molecule has 0 aliphatic heterocycles. The summed E-state index contributed by atoms with van der Waals surface area (Å²) in [6.45, 7) is 1.99. The Bertz CT molecular complexity index is 1160. The van der Waals surface area contributed by atoms with Crippen LogP contribution in [-0.4, -0.2) is 19.7 Å². The van der Waals surface area contributed by atoms with Crippen molar-refractivity contribution in [2.75, 3.05) is 0 Å². The number of rotatable bonds is 5. The second kappa shape index (κ2) is 8.31. The maximum Gasteiger partial charge on any atom is 0.416 e. The van der Waals surface area contributed by atoms with Crippen molar-refractivity contribution >= 4 is 11.8 Å². The van der Waals surface area contributed by atoms with Gasteiger partial charge in [0.25, 0.3) is 0 Å². The van der Waals surface area contributed by atoms with Crippen LogP contribution in [0.15, 0.2) is 78.2 Å². The normalized spacial score (nSPS) is 11.6. The average molecular weight is 426 g/mol. The van der Waals surface area contributed by atoms with Gasteiger partial charge in [-0.15, -0.1) is 10.2 Å². The van der Waals surface area contributed by atoms with Crippen LogP contribution in [0.25, 0.3) is 17.1 Å². The van der Waals surface area contributed by atoms with Crippen LogP contribution in [0.5, 0.6) is 0 Å². The summed E-state index contributed by atoms with van der Waals surface area (Å²) in [6, 6.07) is 16.9. The molecule has 4 nitrogen and oxygen atoms in total. The predicted molar refractivity (Wildman–Crippen MR) is 110 cm³/mol. The van der Waals surface area contributed by atoms with Crippen LogP contribution in [0.4, 0.5) is 13.2 Å². The number of pyridine rings is 1. The minimum absolute atomic E-state index is 0.338. The molecule has 152 valence electrons. The Morgan fingerprint density at radius 2 is 1.70 bits per heavy atom. The van der Waals surface area contributed by atoms with Crippen molar-refractivity contribution in [1.29, 1.82) is 0 Å². The summed E-state index contributed by atoms with van der Waals surface area (Å²) < 4.78 is 41.0. The van der Waals surface area contributed by atoms with Gasteiger partial charge in [0.05, 0.1) is 11.3 Å². The average Bonchev–Trinajstić information content (AvgIpc) is 3.16. The lowest BCUT2D eigenvalue weighted by molar-refractivity contribution is -0.137. The first-order chi connectivity index (χ1) is 14.4. The molecule has 0 amide bonds. The third-order valence-corrected chi connectivity index (χ3v) is 5.55. The lowest BCUT2D eigenvalue weighted by Crippen LogP contribution is -2.05. The number of nitrogens with zero attached hydrogens (tertiary/aromatic N) is 4. The highest BCUT2D eigenvalue weighted by Gasteiger charge is 2.30. The van der Waals surface area contributed by atoms with E-state index >= 15 is 0 Å². The molecule has 2 aromatic heterocycles. The van der Waals surface area contributed by atoms with E-state index in [9.17, 15) is 13.2 Å². The lowest BCUT2D eigenvalue weighted by atomic mass is 10.1. The molecule has 0 fully saturated rings. The van der Waals surface area contributed by atoms with Crippen molar-refractivity contribution < 1.29 is 13.2 Å². The molecule has 2 heterocycles. The second-order valence-corrected chi connectivity index (χ2v) is 7.59. The molecule has 0 saturated heterocycles. The predicted octanol–water partition coefficient (Wildman–Crippen LogP) is 5.95. The highest BCUT2D eigenvalue weighted by molar-refractivity contribution is 7.98. The van der Waals surface area contributed by atoms with E-state index in [0.717, 1.165) is 22.9 Å². The third-order valence-electron chi connectivity index (χ3n) is 4.55. The quantitative estimate of drug-likeness (QED) is 0.370. The second-order valence-electron chi connectivity index (χ2n) is 6.65. The third kappa shape index (κ3) is 4.23. The first kappa shape index (κ1) is 20.2. The van der Waals surface area contributed by atoms with Crippen LogP contribution in [-0.2, 0) is 11.9 Å². The van der Waals surface area contributed by atoms with E-state index in [1.54, 1.807) is 18.5 Å². The molecular weight excluding hydrogens is 409 g/mol. The van der Waals surface area contributed by atoms with Gasteiger partial charge in [-0.3, -0.25) is 9.55 Å². The van der Waals surface area contributed by atoms with Gasteiger partial charge >= 0.3 is 6.18 Å². The first-order valence-corrected chi connectivity index (χ1v) is 10.1. The van der Waals surface area contributed by atoms with Gasteiger partial charge in [-0.25, -0.2) is 0 Å². The Morgan fingerprint density at radius 3 is 2.43 bits per heavy atom. The minimum atomic E-state index is -4.36. The van der Waals surface area contributed by atoms with Crippen molar-refractivity contribution in [2.24, 2.45) is 0 Å². The summed E-state index contributed by atoms with van der Waals surface area (Å²) in [7, 11) is 0. The monoisotopic (exact) mass is 426 g/mol. The van der Waals surface area contributed by atoms with E-state index in [1.807, 2.05) is 47.9 Å². The molecule has 0 aliphatic rings. The number of aromatic nitrogens is 4. The molecular formula is C22H17F3N4S. The van der Waals surface area contributed by atoms with Crippen LogP contribution in [0, 0.1) is 6.92 Å². The van der Waals surface area contributed by atoms with Gasteiger partial charge in [-0.2, -0.15) is 13.2 Å². The van der Waals surface area contributed by atoms with Gasteiger partial charge in [0, 0.05) is 23.7 Å².